The first-order chi connectivity index (χ1) is 15.8. The standard InChI is InChI=1S/C26H32N2O5/c1-17(2)32-15-7-14-28-25(29)23(19-10-12-21(13-11-19)33-18(3)4)24(26(28)30)27-20-8-6-9-22(16-20)31-5/h6,8-13,16-18,27H,7,14-15H2,1-5H3. The lowest BCUT2D eigenvalue weighted by molar-refractivity contribution is -0.137. The molecule has 7 nitrogen and oxygen atoms in total. The summed E-state index contributed by atoms with van der Waals surface area (Å²) in [6.07, 6.45) is 0.704. The smallest absolute Gasteiger partial charge is 0.278 e. The first-order valence-corrected chi connectivity index (χ1v) is 11.2. The quantitative estimate of drug-likeness (QED) is 0.400. The van der Waals surface area contributed by atoms with Crippen LogP contribution < -0.4 is 14.8 Å². The van der Waals surface area contributed by atoms with Crippen LogP contribution in [0.3, 0.4) is 0 Å². The van der Waals surface area contributed by atoms with Gasteiger partial charge in [-0.05, 0) is 63.9 Å². The summed E-state index contributed by atoms with van der Waals surface area (Å²) in [4.78, 5) is 27.9. The SMILES string of the molecule is COc1cccc(NC2=C(c3ccc(OC(C)C)cc3)C(=O)N(CCCOC(C)C)C2=O)c1. The molecule has 0 atom stereocenters. The second kappa shape index (κ2) is 11.0. The van der Waals surface area contributed by atoms with E-state index >= 15 is 0 Å². The average Bonchev–Trinajstić information content (AvgIpc) is 3.01. The topological polar surface area (TPSA) is 77.1 Å². The molecule has 0 fully saturated rings. The van der Waals surface area contributed by atoms with Crippen LogP contribution in [0.1, 0.15) is 39.7 Å². The van der Waals surface area contributed by atoms with Gasteiger partial charge in [0.1, 0.15) is 17.2 Å². The maximum absolute atomic E-state index is 13.3. The van der Waals surface area contributed by atoms with Crippen LogP contribution in [0.15, 0.2) is 54.2 Å². The van der Waals surface area contributed by atoms with E-state index in [1.54, 1.807) is 25.3 Å². The van der Waals surface area contributed by atoms with Crippen molar-refractivity contribution in [2.24, 2.45) is 0 Å². The lowest BCUT2D eigenvalue weighted by Crippen LogP contribution is -2.34. The molecule has 3 rings (SSSR count). The van der Waals surface area contributed by atoms with E-state index in [1.165, 1.54) is 4.90 Å². The van der Waals surface area contributed by atoms with Crippen LogP contribution in [0.4, 0.5) is 5.69 Å². The van der Waals surface area contributed by atoms with Gasteiger partial charge in [-0.2, -0.15) is 0 Å². The predicted octanol–water partition coefficient (Wildman–Crippen LogP) is 4.49. The number of benzene rings is 2. The average molecular weight is 453 g/mol. The molecule has 0 spiro atoms. The molecular formula is C26H32N2O5. The normalized spacial score (nSPS) is 14.0. The molecule has 1 aliphatic rings. The number of hydrogen-bond acceptors (Lipinski definition) is 6. The Hall–Kier alpha value is -3.32. The molecule has 0 aromatic heterocycles. The summed E-state index contributed by atoms with van der Waals surface area (Å²) >= 11 is 0. The monoisotopic (exact) mass is 452 g/mol. The zero-order valence-corrected chi connectivity index (χ0v) is 19.9. The van der Waals surface area contributed by atoms with Crippen molar-refractivity contribution in [2.75, 3.05) is 25.6 Å². The molecule has 1 N–H and O–H groups in total. The van der Waals surface area contributed by atoms with Gasteiger partial charge in [0, 0.05) is 24.9 Å². The Morgan fingerprint density at radius 3 is 2.27 bits per heavy atom. The molecule has 0 bridgehead atoms. The number of carbonyl (C=O) groups excluding carboxylic acids is 2. The summed E-state index contributed by atoms with van der Waals surface area (Å²) in [6.45, 7) is 8.57. The van der Waals surface area contributed by atoms with E-state index in [4.69, 9.17) is 14.2 Å². The van der Waals surface area contributed by atoms with Gasteiger partial charge in [-0.15, -0.1) is 0 Å². The van der Waals surface area contributed by atoms with Crippen molar-refractivity contribution in [3.05, 3.63) is 59.8 Å². The molecule has 2 amide bonds. The minimum atomic E-state index is -0.357. The second-order valence-corrected chi connectivity index (χ2v) is 8.33. The van der Waals surface area contributed by atoms with Crippen molar-refractivity contribution in [1.82, 2.24) is 4.90 Å². The van der Waals surface area contributed by atoms with E-state index in [0.717, 1.165) is 0 Å². The van der Waals surface area contributed by atoms with Gasteiger partial charge in [0.2, 0.25) is 0 Å². The molecule has 7 heteroatoms. The van der Waals surface area contributed by atoms with E-state index in [9.17, 15) is 9.59 Å². The highest BCUT2D eigenvalue weighted by molar-refractivity contribution is 6.36. The van der Waals surface area contributed by atoms with Crippen molar-refractivity contribution >= 4 is 23.1 Å². The third kappa shape index (κ3) is 6.14. The number of nitrogens with zero attached hydrogens (tertiary/aromatic N) is 1. The zero-order chi connectivity index (χ0) is 24.0. The number of carbonyl (C=O) groups is 2. The van der Waals surface area contributed by atoms with Crippen LogP contribution in [0, 0.1) is 0 Å². The fourth-order valence-corrected chi connectivity index (χ4v) is 3.52. The lowest BCUT2D eigenvalue weighted by Gasteiger charge is -2.16. The zero-order valence-electron chi connectivity index (χ0n) is 19.9. The second-order valence-electron chi connectivity index (χ2n) is 8.33. The van der Waals surface area contributed by atoms with Crippen molar-refractivity contribution in [3.8, 4) is 11.5 Å². The van der Waals surface area contributed by atoms with Crippen molar-refractivity contribution in [3.63, 3.8) is 0 Å². The molecule has 2 aromatic carbocycles. The lowest BCUT2D eigenvalue weighted by atomic mass is 10.0. The Balaban J connectivity index is 1.91. The van der Waals surface area contributed by atoms with Crippen molar-refractivity contribution in [2.45, 2.75) is 46.3 Å². The van der Waals surface area contributed by atoms with E-state index in [1.807, 2.05) is 58.0 Å². The molecule has 0 saturated heterocycles. The van der Waals surface area contributed by atoms with Crippen LogP contribution in [-0.2, 0) is 14.3 Å². The number of hydrogen-bond donors (Lipinski definition) is 1. The molecule has 0 aliphatic carbocycles. The summed E-state index contributed by atoms with van der Waals surface area (Å²) in [6, 6.07) is 14.5. The first kappa shape index (κ1) is 24.3. The van der Waals surface area contributed by atoms with E-state index < -0.39 is 0 Å². The third-order valence-corrected chi connectivity index (χ3v) is 5.00. The van der Waals surface area contributed by atoms with E-state index in [0.29, 0.717) is 41.4 Å². The van der Waals surface area contributed by atoms with Crippen molar-refractivity contribution < 1.29 is 23.8 Å². The fraction of sp³-hybridized carbons (Fsp3) is 0.385. The van der Waals surface area contributed by atoms with Gasteiger partial charge in [-0.25, -0.2) is 0 Å². The Morgan fingerprint density at radius 1 is 0.909 bits per heavy atom. The number of nitrogens with one attached hydrogen (secondary N) is 1. The van der Waals surface area contributed by atoms with Crippen LogP contribution in [-0.4, -0.2) is 49.2 Å². The van der Waals surface area contributed by atoms with Gasteiger partial charge in [-0.3, -0.25) is 14.5 Å². The van der Waals surface area contributed by atoms with Gasteiger partial charge < -0.3 is 19.5 Å². The highest BCUT2D eigenvalue weighted by atomic mass is 16.5. The van der Waals surface area contributed by atoms with Crippen LogP contribution in [0.2, 0.25) is 0 Å². The molecule has 1 aliphatic heterocycles. The predicted molar refractivity (Wildman–Crippen MR) is 128 cm³/mol. The Labute approximate surface area is 195 Å². The molecule has 0 unspecified atom stereocenters. The van der Waals surface area contributed by atoms with E-state index in [2.05, 4.69) is 5.32 Å². The van der Waals surface area contributed by atoms with Gasteiger partial charge >= 0.3 is 0 Å². The third-order valence-electron chi connectivity index (χ3n) is 5.00. The summed E-state index contributed by atoms with van der Waals surface area (Å²) in [5, 5.41) is 3.15. The highest BCUT2D eigenvalue weighted by Gasteiger charge is 2.39. The summed E-state index contributed by atoms with van der Waals surface area (Å²) in [5.74, 6) is 0.672. The van der Waals surface area contributed by atoms with Gasteiger partial charge in [-0.1, -0.05) is 18.2 Å². The number of imide groups is 1. The van der Waals surface area contributed by atoms with E-state index in [-0.39, 0.29) is 36.3 Å². The number of rotatable bonds is 11. The molecule has 176 valence electrons. The maximum atomic E-state index is 13.3. The highest BCUT2D eigenvalue weighted by Crippen LogP contribution is 2.32. The van der Waals surface area contributed by atoms with Crippen LogP contribution >= 0.6 is 0 Å². The number of methoxy groups -OCH3 is 1. The maximum Gasteiger partial charge on any atom is 0.278 e. The summed E-state index contributed by atoms with van der Waals surface area (Å²) in [5.41, 5.74) is 1.89. The summed E-state index contributed by atoms with van der Waals surface area (Å²) in [7, 11) is 1.58. The molecular weight excluding hydrogens is 420 g/mol. The van der Waals surface area contributed by atoms with Crippen molar-refractivity contribution in [1.29, 1.82) is 0 Å². The van der Waals surface area contributed by atoms with Crippen LogP contribution in [0.5, 0.6) is 11.5 Å². The number of anilines is 1. The van der Waals surface area contributed by atoms with Crippen LogP contribution in [0.25, 0.3) is 5.57 Å². The van der Waals surface area contributed by atoms with Gasteiger partial charge in [0.05, 0.1) is 24.9 Å². The minimum absolute atomic E-state index is 0.0404. The Kier molecular flexibility index (Phi) is 8.11. The molecule has 2 aromatic rings. The summed E-state index contributed by atoms with van der Waals surface area (Å²) < 4.78 is 16.6. The largest absolute Gasteiger partial charge is 0.497 e. The van der Waals surface area contributed by atoms with Gasteiger partial charge in [0.15, 0.2) is 0 Å². The Bertz CT molecular complexity index is 1010. The number of amides is 2. The molecule has 0 radical (unpaired) electrons. The molecule has 1 heterocycles. The molecule has 33 heavy (non-hydrogen) atoms. The minimum Gasteiger partial charge on any atom is -0.497 e. The first-order valence-electron chi connectivity index (χ1n) is 11.2. The Morgan fingerprint density at radius 2 is 1.64 bits per heavy atom. The number of ether oxygens (including phenoxy) is 3. The molecule has 0 saturated carbocycles. The fourth-order valence-electron chi connectivity index (χ4n) is 3.52. The van der Waals surface area contributed by atoms with Gasteiger partial charge in [0.25, 0.3) is 11.8 Å².